The fraction of sp³-hybridized carbons (Fsp3) is 0.355. The van der Waals surface area contributed by atoms with Crippen molar-refractivity contribution in [1.82, 2.24) is 10.2 Å². The van der Waals surface area contributed by atoms with Crippen molar-refractivity contribution in [1.29, 1.82) is 0 Å². The molecule has 4 rings (SSSR count). The molecule has 2 amide bonds. The van der Waals surface area contributed by atoms with Crippen molar-refractivity contribution < 1.29 is 14.3 Å². The molecule has 1 fully saturated rings. The number of halogens is 1. The van der Waals surface area contributed by atoms with E-state index in [1.807, 2.05) is 72.8 Å². The van der Waals surface area contributed by atoms with E-state index < -0.39 is 6.04 Å². The number of hydrogen-bond donors (Lipinski definition) is 1. The van der Waals surface area contributed by atoms with Crippen molar-refractivity contribution in [3.05, 3.63) is 101 Å². The van der Waals surface area contributed by atoms with E-state index in [1.54, 1.807) is 17.0 Å². The average molecular weight is 519 g/mol. The van der Waals surface area contributed by atoms with Gasteiger partial charge >= 0.3 is 0 Å². The van der Waals surface area contributed by atoms with Crippen LogP contribution in [0.2, 0.25) is 5.02 Å². The second-order valence-corrected chi connectivity index (χ2v) is 10.0. The zero-order valence-electron chi connectivity index (χ0n) is 21.2. The van der Waals surface area contributed by atoms with Gasteiger partial charge in [0.15, 0.2) is 0 Å². The van der Waals surface area contributed by atoms with Crippen LogP contribution in [0.3, 0.4) is 0 Å². The van der Waals surface area contributed by atoms with Gasteiger partial charge in [-0.3, -0.25) is 9.59 Å². The number of ether oxygens (including phenoxy) is 1. The lowest BCUT2D eigenvalue weighted by atomic mass is 10.0. The van der Waals surface area contributed by atoms with Gasteiger partial charge < -0.3 is 15.0 Å². The van der Waals surface area contributed by atoms with Crippen LogP contribution in [0.4, 0.5) is 0 Å². The first-order chi connectivity index (χ1) is 18.1. The van der Waals surface area contributed by atoms with Gasteiger partial charge in [-0.2, -0.15) is 0 Å². The van der Waals surface area contributed by atoms with Gasteiger partial charge in [-0.15, -0.1) is 0 Å². The quantitative estimate of drug-likeness (QED) is 0.290. The zero-order chi connectivity index (χ0) is 25.9. The Bertz CT molecular complexity index is 1120. The minimum absolute atomic E-state index is 0.0499. The molecule has 1 aliphatic rings. The molecule has 37 heavy (non-hydrogen) atoms. The summed E-state index contributed by atoms with van der Waals surface area (Å²) in [6.45, 7) is 0.789. The standard InChI is InChI=1S/C31H35ClN2O3/c32-26-17-19-28(20-18-26)37-21-9-16-30(35)34(23-25-12-5-2-6-13-25)29(22-24-10-3-1-4-11-24)31(36)33-27-14-7-8-15-27/h1-6,10-13,17-20,27,29H,7-9,14-16,21-23H2,(H,33,36)/t29-/m0/s1. The third kappa shape index (κ3) is 8.36. The summed E-state index contributed by atoms with van der Waals surface area (Å²) in [4.78, 5) is 29.1. The molecule has 3 aromatic rings. The topological polar surface area (TPSA) is 58.6 Å². The van der Waals surface area contributed by atoms with Gasteiger partial charge in [-0.05, 0) is 54.7 Å². The number of nitrogens with zero attached hydrogens (tertiary/aromatic N) is 1. The molecule has 0 heterocycles. The van der Waals surface area contributed by atoms with Gasteiger partial charge in [0, 0.05) is 30.5 Å². The second-order valence-electron chi connectivity index (χ2n) is 9.61. The molecule has 0 spiro atoms. The van der Waals surface area contributed by atoms with Crippen LogP contribution in [-0.2, 0) is 22.6 Å². The monoisotopic (exact) mass is 518 g/mol. The molecule has 1 saturated carbocycles. The Labute approximate surface area is 224 Å². The van der Waals surface area contributed by atoms with E-state index in [-0.39, 0.29) is 17.9 Å². The number of carbonyl (C=O) groups is 2. The van der Waals surface area contributed by atoms with Crippen molar-refractivity contribution in [2.24, 2.45) is 0 Å². The summed E-state index contributed by atoms with van der Waals surface area (Å²) in [6, 6.07) is 26.6. The van der Waals surface area contributed by atoms with Gasteiger partial charge in [-0.1, -0.05) is 85.1 Å². The lowest BCUT2D eigenvalue weighted by molar-refractivity contribution is -0.141. The van der Waals surface area contributed by atoms with Crippen molar-refractivity contribution in [2.45, 2.75) is 63.6 Å². The summed E-state index contributed by atoms with van der Waals surface area (Å²) in [7, 11) is 0. The highest BCUT2D eigenvalue weighted by molar-refractivity contribution is 6.30. The first kappa shape index (κ1) is 26.7. The second kappa shape index (κ2) is 13.8. The van der Waals surface area contributed by atoms with Gasteiger partial charge in [-0.25, -0.2) is 0 Å². The minimum atomic E-state index is -0.590. The largest absolute Gasteiger partial charge is 0.494 e. The average Bonchev–Trinajstić information content (AvgIpc) is 3.43. The summed E-state index contributed by atoms with van der Waals surface area (Å²) < 4.78 is 5.79. The van der Waals surface area contributed by atoms with Crippen LogP contribution >= 0.6 is 11.6 Å². The highest BCUT2D eigenvalue weighted by Crippen LogP contribution is 2.21. The molecular weight excluding hydrogens is 484 g/mol. The van der Waals surface area contributed by atoms with Crippen LogP contribution in [0.15, 0.2) is 84.9 Å². The maximum atomic E-state index is 13.6. The molecule has 0 unspecified atom stereocenters. The highest BCUT2D eigenvalue weighted by Gasteiger charge is 2.31. The molecule has 194 valence electrons. The maximum absolute atomic E-state index is 13.6. The highest BCUT2D eigenvalue weighted by atomic mass is 35.5. The summed E-state index contributed by atoms with van der Waals surface area (Å²) in [5, 5.41) is 3.90. The number of rotatable bonds is 12. The third-order valence-electron chi connectivity index (χ3n) is 6.79. The molecule has 0 bridgehead atoms. The SMILES string of the molecule is O=C(NC1CCCC1)[C@H](Cc1ccccc1)N(Cc1ccccc1)C(=O)CCCOc1ccc(Cl)cc1. The van der Waals surface area contributed by atoms with Gasteiger partial charge in [0.05, 0.1) is 6.61 Å². The number of carbonyl (C=O) groups excluding carboxylic acids is 2. The van der Waals surface area contributed by atoms with Gasteiger partial charge in [0.25, 0.3) is 0 Å². The fourth-order valence-corrected chi connectivity index (χ4v) is 4.92. The Morgan fingerprint density at radius 1 is 0.892 bits per heavy atom. The van der Waals surface area contributed by atoms with E-state index in [0.29, 0.717) is 37.4 Å². The van der Waals surface area contributed by atoms with E-state index >= 15 is 0 Å². The van der Waals surface area contributed by atoms with Crippen LogP contribution in [0.1, 0.15) is 49.7 Å². The molecule has 1 atom stereocenters. The molecule has 0 radical (unpaired) electrons. The molecule has 1 N–H and O–H groups in total. The van der Waals surface area contributed by atoms with E-state index in [9.17, 15) is 9.59 Å². The molecule has 0 aliphatic heterocycles. The van der Waals surface area contributed by atoms with Crippen molar-refractivity contribution >= 4 is 23.4 Å². The smallest absolute Gasteiger partial charge is 0.243 e. The molecule has 0 saturated heterocycles. The van der Waals surface area contributed by atoms with Crippen LogP contribution in [0.5, 0.6) is 5.75 Å². The Balaban J connectivity index is 1.49. The number of nitrogens with one attached hydrogen (secondary N) is 1. The molecule has 5 nitrogen and oxygen atoms in total. The fourth-order valence-electron chi connectivity index (χ4n) is 4.79. The van der Waals surface area contributed by atoms with Crippen LogP contribution in [-0.4, -0.2) is 35.4 Å². The van der Waals surface area contributed by atoms with E-state index in [1.165, 1.54) is 0 Å². The Hall–Kier alpha value is -3.31. The minimum Gasteiger partial charge on any atom is -0.494 e. The Kier molecular flexibility index (Phi) is 10.0. The summed E-state index contributed by atoms with van der Waals surface area (Å²) >= 11 is 5.94. The first-order valence-corrected chi connectivity index (χ1v) is 13.5. The van der Waals surface area contributed by atoms with Gasteiger partial charge in [0.1, 0.15) is 11.8 Å². The van der Waals surface area contributed by atoms with Crippen LogP contribution < -0.4 is 10.1 Å². The summed E-state index contributed by atoms with van der Waals surface area (Å²) in [5.74, 6) is 0.597. The molecular formula is C31H35ClN2O3. The van der Waals surface area contributed by atoms with Crippen molar-refractivity contribution in [2.75, 3.05) is 6.61 Å². The predicted octanol–water partition coefficient (Wildman–Crippen LogP) is 6.20. The molecule has 6 heteroatoms. The number of benzene rings is 3. The van der Waals surface area contributed by atoms with Crippen molar-refractivity contribution in [3.63, 3.8) is 0 Å². The molecule has 0 aromatic heterocycles. The first-order valence-electron chi connectivity index (χ1n) is 13.1. The third-order valence-corrected chi connectivity index (χ3v) is 7.04. The maximum Gasteiger partial charge on any atom is 0.243 e. The Morgan fingerprint density at radius 2 is 1.51 bits per heavy atom. The predicted molar refractivity (Wildman–Crippen MR) is 148 cm³/mol. The van der Waals surface area contributed by atoms with E-state index in [2.05, 4.69) is 5.32 Å². The lowest BCUT2D eigenvalue weighted by Crippen LogP contribution is -2.52. The molecule has 1 aliphatic carbocycles. The number of hydrogen-bond acceptors (Lipinski definition) is 3. The lowest BCUT2D eigenvalue weighted by Gasteiger charge is -2.32. The normalized spacial score (nSPS) is 14.2. The van der Waals surface area contributed by atoms with Crippen LogP contribution in [0.25, 0.3) is 0 Å². The summed E-state index contributed by atoms with van der Waals surface area (Å²) in [5.41, 5.74) is 2.03. The molecule has 3 aromatic carbocycles. The van der Waals surface area contributed by atoms with Crippen LogP contribution in [0, 0.1) is 0 Å². The zero-order valence-corrected chi connectivity index (χ0v) is 21.9. The van der Waals surface area contributed by atoms with E-state index in [0.717, 1.165) is 42.6 Å². The Morgan fingerprint density at radius 3 is 2.16 bits per heavy atom. The number of amides is 2. The van der Waals surface area contributed by atoms with Gasteiger partial charge in [0.2, 0.25) is 11.8 Å². The van der Waals surface area contributed by atoms with E-state index in [4.69, 9.17) is 16.3 Å². The summed E-state index contributed by atoms with van der Waals surface area (Å²) in [6.07, 6.45) is 5.58. The van der Waals surface area contributed by atoms with Crippen molar-refractivity contribution in [3.8, 4) is 5.75 Å².